The number of nitrogens with zero attached hydrogens (tertiary/aromatic N) is 2. The molecule has 0 saturated heterocycles. The first-order valence-corrected chi connectivity index (χ1v) is 9.43. The maximum atomic E-state index is 12.9. The Morgan fingerprint density at radius 3 is 2.52 bits per heavy atom. The standard InChI is InChI=1S/C21H24N4O4/c1-5-25-18-16(20(27)24-21(25)28)10-14(11-22-18)19(26)23-17(12(2)3)13-6-8-15(29-4)9-7-13/h6-12,17H,5H2,1-4H3,(H,23,26)(H,24,27,28)/t17-/m1/s1. The van der Waals surface area contributed by atoms with Gasteiger partial charge in [0.15, 0.2) is 0 Å². The number of carbonyl (C=O) groups excluding carboxylic acids is 1. The molecule has 1 atom stereocenters. The lowest BCUT2D eigenvalue weighted by Gasteiger charge is -2.23. The number of carbonyl (C=O) groups is 1. The Kier molecular flexibility index (Phi) is 5.81. The maximum absolute atomic E-state index is 12.9. The SMILES string of the molecule is CCn1c(=O)[nH]c(=O)c2cc(C(=O)N[C@@H](c3ccc(OC)cc3)C(C)C)cnc21. The molecule has 1 amide bonds. The number of ether oxygens (including phenoxy) is 1. The number of amides is 1. The summed E-state index contributed by atoms with van der Waals surface area (Å²) >= 11 is 0. The number of hydrogen-bond donors (Lipinski definition) is 2. The predicted octanol–water partition coefficient (Wildman–Crippen LogP) is 2.24. The van der Waals surface area contributed by atoms with Crippen LogP contribution in [0.2, 0.25) is 0 Å². The van der Waals surface area contributed by atoms with E-state index in [1.165, 1.54) is 16.8 Å². The second-order valence-electron chi connectivity index (χ2n) is 7.07. The largest absolute Gasteiger partial charge is 0.497 e. The average Bonchev–Trinajstić information content (AvgIpc) is 2.71. The van der Waals surface area contributed by atoms with Crippen LogP contribution in [-0.2, 0) is 6.54 Å². The van der Waals surface area contributed by atoms with Crippen LogP contribution in [0.25, 0.3) is 11.0 Å². The minimum atomic E-state index is -0.563. The highest BCUT2D eigenvalue weighted by Gasteiger charge is 2.20. The molecule has 0 aliphatic rings. The molecule has 0 aliphatic heterocycles. The zero-order valence-corrected chi connectivity index (χ0v) is 16.9. The van der Waals surface area contributed by atoms with Gasteiger partial charge in [0.25, 0.3) is 11.5 Å². The van der Waals surface area contributed by atoms with Crippen molar-refractivity contribution in [3.8, 4) is 5.75 Å². The van der Waals surface area contributed by atoms with Crippen molar-refractivity contribution >= 4 is 16.9 Å². The molecule has 1 aromatic carbocycles. The van der Waals surface area contributed by atoms with Crippen LogP contribution in [0.1, 0.15) is 42.7 Å². The normalized spacial score (nSPS) is 12.2. The van der Waals surface area contributed by atoms with Gasteiger partial charge < -0.3 is 10.1 Å². The van der Waals surface area contributed by atoms with Gasteiger partial charge in [-0.15, -0.1) is 0 Å². The highest BCUT2D eigenvalue weighted by molar-refractivity contribution is 5.97. The summed E-state index contributed by atoms with van der Waals surface area (Å²) in [4.78, 5) is 43.5. The lowest BCUT2D eigenvalue weighted by atomic mass is 9.95. The van der Waals surface area contributed by atoms with Crippen molar-refractivity contribution in [2.45, 2.75) is 33.4 Å². The van der Waals surface area contributed by atoms with E-state index < -0.39 is 11.2 Å². The van der Waals surface area contributed by atoms with Crippen molar-refractivity contribution in [3.05, 3.63) is 68.5 Å². The Morgan fingerprint density at radius 1 is 1.24 bits per heavy atom. The number of hydrogen-bond acceptors (Lipinski definition) is 5. The molecule has 0 fully saturated rings. The van der Waals surface area contributed by atoms with Gasteiger partial charge in [-0.3, -0.25) is 19.1 Å². The zero-order chi connectivity index (χ0) is 21.1. The van der Waals surface area contributed by atoms with Crippen LogP contribution in [0, 0.1) is 5.92 Å². The molecule has 0 bridgehead atoms. The van der Waals surface area contributed by atoms with Gasteiger partial charge in [-0.2, -0.15) is 0 Å². The molecule has 2 heterocycles. The van der Waals surface area contributed by atoms with Crippen molar-refractivity contribution < 1.29 is 9.53 Å². The molecule has 0 unspecified atom stereocenters. The van der Waals surface area contributed by atoms with E-state index in [-0.39, 0.29) is 34.5 Å². The van der Waals surface area contributed by atoms with Crippen LogP contribution in [0.4, 0.5) is 0 Å². The number of H-pyrrole nitrogens is 1. The third-order valence-corrected chi connectivity index (χ3v) is 4.84. The Morgan fingerprint density at radius 2 is 1.93 bits per heavy atom. The van der Waals surface area contributed by atoms with Gasteiger partial charge in [0.2, 0.25) is 0 Å². The third-order valence-electron chi connectivity index (χ3n) is 4.84. The summed E-state index contributed by atoms with van der Waals surface area (Å²) < 4.78 is 6.54. The van der Waals surface area contributed by atoms with E-state index in [1.54, 1.807) is 14.0 Å². The van der Waals surface area contributed by atoms with Gasteiger partial charge in [-0.25, -0.2) is 9.78 Å². The number of aryl methyl sites for hydroxylation is 1. The van der Waals surface area contributed by atoms with Crippen LogP contribution in [-0.4, -0.2) is 27.6 Å². The van der Waals surface area contributed by atoms with Gasteiger partial charge in [0.1, 0.15) is 11.4 Å². The number of methoxy groups -OCH3 is 1. The van der Waals surface area contributed by atoms with Crippen molar-refractivity contribution in [2.24, 2.45) is 5.92 Å². The lowest BCUT2D eigenvalue weighted by molar-refractivity contribution is 0.0925. The minimum Gasteiger partial charge on any atom is -0.497 e. The van der Waals surface area contributed by atoms with Crippen LogP contribution in [0.15, 0.2) is 46.1 Å². The van der Waals surface area contributed by atoms with Gasteiger partial charge >= 0.3 is 5.69 Å². The number of aromatic amines is 1. The lowest BCUT2D eigenvalue weighted by Crippen LogP contribution is -2.33. The molecule has 2 aromatic heterocycles. The first kappa shape index (κ1) is 20.3. The van der Waals surface area contributed by atoms with Crippen molar-refractivity contribution in [3.63, 3.8) is 0 Å². The smallest absolute Gasteiger partial charge is 0.329 e. The van der Waals surface area contributed by atoms with E-state index in [9.17, 15) is 14.4 Å². The molecule has 0 saturated carbocycles. The number of benzene rings is 1. The average molecular weight is 396 g/mol. The van der Waals surface area contributed by atoms with Gasteiger partial charge in [-0.1, -0.05) is 26.0 Å². The second kappa shape index (κ2) is 8.30. The Balaban J connectivity index is 1.95. The first-order valence-electron chi connectivity index (χ1n) is 9.43. The summed E-state index contributed by atoms with van der Waals surface area (Å²) in [5.74, 6) is 0.527. The van der Waals surface area contributed by atoms with Crippen molar-refractivity contribution in [2.75, 3.05) is 7.11 Å². The van der Waals surface area contributed by atoms with Crippen molar-refractivity contribution in [1.29, 1.82) is 0 Å². The van der Waals surface area contributed by atoms with E-state index in [0.29, 0.717) is 6.54 Å². The van der Waals surface area contributed by atoms with Gasteiger partial charge in [0.05, 0.1) is 24.1 Å². The van der Waals surface area contributed by atoms with Crippen LogP contribution in [0.5, 0.6) is 5.75 Å². The summed E-state index contributed by atoms with van der Waals surface area (Å²) in [6.07, 6.45) is 1.38. The van der Waals surface area contributed by atoms with E-state index >= 15 is 0 Å². The molecular weight excluding hydrogens is 372 g/mol. The summed E-state index contributed by atoms with van der Waals surface area (Å²) in [7, 11) is 1.60. The van der Waals surface area contributed by atoms with E-state index in [2.05, 4.69) is 15.3 Å². The molecule has 0 spiro atoms. The summed E-state index contributed by atoms with van der Waals surface area (Å²) in [5, 5.41) is 3.21. The summed E-state index contributed by atoms with van der Waals surface area (Å²) in [6, 6.07) is 8.75. The molecule has 0 aliphatic carbocycles. The van der Waals surface area contributed by atoms with Gasteiger partial charge in [0, 0.05) is 12.7 Å². The zero-order valence-electron chi connectivity index (χ0n) is 16.9. The highest BCUT2D eigenvalue weighted by Crippen LogP contribution is 2.24. The van der Waals surface area contributed by atoms with Crippen LogP contribution < -0.4 is 21.3 Å². The van der Waals surface area contributed by atoms with Crippen LogP contribution in [0.3, 0.4) is 0 Å². The quantitative estimate of drug-likeness (QED) is 0.665. The molecule has 29 heavy (non-hydrogen) atoms. The fraction of sp³-hybridized carbons (Fsp3) is 0.333. The molecule has 3 aromatic rings. The molecule has 3 rings (SSSR count). The van der Waals surface area contributed by atoms with E-state index in [0.717, 1.165) is 11.3 Å². The molecule has 2 N–H and O–H groups in total. The van der Waals surface area contributed by atoms with E-state index in [1.807, 2.05) is 38.1 Å². The van der Waals surface area contributed by atoms with Gasteiger partial charge in [-0.05, 0) is 36.6 Å². The maximum Gasteiger partial charge on any atom is 0.329 e. The predicted molar refractivity (Wildman–Crippen MR) is 110 cm³/mol. The molecule has 0 radical (unpaired) electrons. The van der Waals surface area contributed by atoms with Crippen LogP contribution >= 0.6 is 0 Å². The van der Waals surface area contributed by atoms with Crippen molar-refractivity contribution in [1.82, 2.24) is 19.9 Å². The number of aromatic nitrogens is 3. The second-order valence-corrected chi connectivity index (χ2v) is 7.07. The first-order chi connectivity index (χ1) is 13.8. The Hall–Kier alpha value is -3.42. The fourth-order valence-electron chi connectivity index (χ4n) is 3.26. The fourth-order valence-corrected chi connectivity index (χ4v) is 3.26. The summed E-state index contributed by atoms with van der Waals surface area (Å²) in [6.45, 7) is 6.16. The molecule has 152 valence electrons. The number of pyridine rings is 1. The number of rotatable bonds is 6. The monoisotopic (exact) mass is 396 g/mol. The topological polar surface area (TPSA) is 106 Å². The Bertz CT molecular complexity index is 1150. The minimum absolute atomic E-state index is 0.134. The molecule has 8 heteroatoms. The third kappa shape index (κ3) is 4.06. The Labute approximate surface area is 167 Å². The van der Waals surface area contributed by atoms with E-state index in [4.69, 9.17) is 4.74 Å². The number of nitrogens with one attached hydrogen (secondary N) is 2. The highest BCUT2D eigenvalue weighted by atomic mass is 16.5. The molecular formula is C21H24N4O4. The molecule has 8 nitrogen and oxygen atoms in total. The summed E-state index contributed by atoms with van der Waals surface area (Å²) in [5.41, 5.74) is 0.374. The number of fused-ring (bicyclic) bond motifs is 1.